The summed E-state index contributed by atoms with van der Waals surface area (Å²) in [5.41, 5.74) is 9.12. The first-order chi connectivity index (χ1) is 25.2. The Morgan fingerprint density at radius 2 is 0.961 bits per heavy atom. The normalized spacial score (nSPS) is 15.3. The first-order valence-electron chi connectivity index (χ1n) is 17.8. The van der Waals surface area contributed by atoms with E-state index in [4.69, 9.17) is 0 Å². The Hall–Kier alpha value is -5.89. The van der Waals surface area contributed by atoms with Crippen LogP contribution in [-0.2, 0) is 0 Å². The molecule has 1 unspecified atom stereocenters. The summed E-state index contributed by atoms with van der Waals surface area (Å²) in [6.07, 6.45) is 5.79. The van der Waals surface area contributed by atoms with Gasteiger partial charge in [-0.2, -0.15) is 0 Å². The van der Waals surface area contributed by atoms with Gasteiger partial charge in [0.25, 0.3) is 0 Å². The Bertz CT molecular complexity index is 2980. The van der Waals surface area contributed by atoms with Crippen molar-refractivity contribution in [2.24, 2.45) is 0 Å². The third-order valence-corrected chi connectivity index (χ3v) is 12.5. The molecule has 0 aromatic heterocycles. The maximum Gasteiger partial charge on any atom is 0.0236 e. The van der Waals surface area contributed by atoms with E-state index >= 15 is 0 Å². The summed E-state index contributed by atoms with van der Waals surface area (Å²) < 4.78 is 0. The van der Waals surface area contributed by atoms with E-state index in [1.165, 1.54) is 103 Å². The molecule has 0 radical (unpaired) electrons. The summed E-state index contributed by atoms with van der Waals surface area (Å²) >= 11 is 1.99. The SMILES string of the molecule is C1=CC(c2cccc(-c3ccc4cc(-c5ccc6ccc7c8ccccc8ccc7c6c5)ccc4c3)c2)=C2Sc3c(ccc4ccccc34)C2C1. The molecule has 0 amide bonds. The zero-order valence-corrected chi connectivity index (χ0v) is 28.8. The van der Waals surface area contributed by atoms with E-state index in [9.17, 15) is 0 Å². The van der Waals surface area contributed by atoms with Crippen LogP contribution in [-0.4, -0.2) is 0 Å². The standard InChI is InChI=1S/C50H32S/c1-3-11-41-31(7-1)21-25-45-44(41)24-22-33-15-16-39(30-48(33)45)38-20-19-36-27-35(17-18-37(36)28-38)34-9-5-10-40(29-34)43-13-6-14-46-47-26-23-32-8-2-4-12-42(32)49(47)51-50(43)46/h1-13,15-30,46H,14H2. The second-order valence-electron chi connectivity index (χ2n) is 14.0. The predicted molar refractivity (Wildman–Crippen MR) is 221 cm³/mol. The maximum atomic E-state index is 2.38. The smallest absolute Gasteiger partial charge is 0.0236 e. The quantitative estimate of drug-likeness (QED) is 0.169. The van der Waals surface area contributed by atoms with Gasteiger partial charge in [0.05, 0.1) is 0 Å². The molecule has 0 N–H and O–H groups in total. The van der Waals surface area contributed by atoms with Gasteiger partial charge in [0.1, 0.15) is 0 Å². The van der Waals surface area contributed by atoms with Gasteiger partial charge in [-0.15, -0.1) is 0 Å². The van der Waals surface area contributed by atoms with Crippen molar-refractivity contribution in [3.63, 3.8) is 0 Å². The lowest BCUT2D eigenvalue weighted by atomic mass is 9.86. The lowest BCUT2D eigenvalue weighted by molar-refractivity contribution is 0.843. The van der Waals surface area contributed by atoms with E-state index in [0.29, 0.717) is 5.92 Å². The highest BCUT2D eigenvalue weighted by molar-refractivity contribution is 8.04. The number of thioether (sulfide) groups is 1. The van der Waals surface area contributed by atoms with Crippen molar-refractivity contribution in [1.29, 1.82) is 0 Å². The summed E-state index contributed by atoms with van der Waals surface area (Å²) in [7, 11) is 0. The van der Waals surface area contributed by atoms with Gasteiger partial charge in [-0.05, 0) is 124 Å². The lowest BCUT2D eigenvalue weighted by Gasteiger charge is -2.19. The van der Waals surface area contributed by atoms with Gasteiger partial charge < -0.3 is 0 Å². The van der Waals surface area contributed by atoms with Crippen LogP contribution in [0.2, 0.25) is 0 Å². The van der Waals surface area contributed by atoms with Crippen LogP contribution in [0.15, 0.2) is 186 Å². The first-order valence-corrected chi connectivity index (χ1v) is 18.7. The van der Waals surface area contributed by atoms with Crippen LogP contribution in [0.25, 0.3) is 81.7 Å². The molecule has 1 atom stereocenters. The second-order valence-corrected chi connectivity index (χ2v) is 15.1. The molecule has 1 heteroatoms. The average molecular weight is 665 g/mol. The monoisotopic (exact) mass is 664 g/mol. The van der Waals surface area contributed by atoms with Crippen LogP contribution in [0.4, 0.5) is 0 Å². The Balaban J connectivity index is 0.942. The molecule has 238 valence electrons. The van der Waals surface area contributed by atoms with Crippen molar-refractivity contribution in [3.8, 4) is 22.3 Å². The summed E-state index contributed by atoms with van der Waals surface area (Å²) in [5.74, 6) is 0.439. The fraction of sp³-hybridized carbons (Fsp3) is 0.0400. The van der Waals surface area contributed by atoms with Gasteiger partial charge in [0.15, 0.2) is 0 Å². The molecule has 11 rings (SSSR count). The summed E-state index contributed by atoms with van der Waals surface area (Å²) in [5, 5.41) is 13.0. The Morgan fingerprint density at radius 3 is 1.75 bits per heavy atom. The van der Waals surface area contributed by atoms with Crippen molar-refractivity contribution in [3.05, 3.63) is 192 Å². The molecule has 0 fully saturated rings. The van der Waals surface area contributed by atoms with E-state index < -0.39 is 0 Å². The van der Waals surface area contributed by atoms with Crippen LogP contribution >= 0.6 is 11.8 Å². The maximum absolute atomic E-state index is 2.38. The topological polar surface area (TPSA) is 0 Å². The third kappa shape index (κ3) is 4.62. The van der Waals surface area contributed by atoms with Gasteiger partial charge in [-0.25, -0.2) is 0 Å². The molecule has 51 heavy (non-hydrogen) atoms. The molecule has 0 saturated heterocycles. The minimum absolute atomic E-state index is 0.439. The van der Waals surface area contributed by atoms with E-state index in [1.807, 2.05) is 11.8 Å². The molecule has 0 saturated carbocycles. The number of benzene rings is 9. The van der Waals surface area contributed by atoms with Crippen molar-refractivity contribution < 1.29 is 0 Å². The van der Waals surface area contributed by atoms with Crippen molar-refractivity contribution in [2.45, 2.75) is 17.2 Å². The van der Waals surface area contributed by atoms with Crippen LogP contribution < -0.4 is 0 Å². The fourth-order valence-electron chi connectivity index (χ4n) is 8.56. The lowest BCUT2D eigenvalue weighted by Crippen LogP contribution is -2.01. The molecule has 1 aliphatic heterocycles. The molecule has 1 heterocycles. The highest BCUT2D eigenvalue weighted by Crippen LogP contribution is 2.56. The molecule has 2 aliphatic rings. The van der Waals surface area contributed by atoms with Gasteiger partial charge in [-0.3, -0.25) is 0 Å². The zero-order chi connectivity index (χ0) is 33.5. The van der Waals surface area contributed by atoms with E-state index in [1.54, 1.807) is 0 Å². The Kier molecular flexibility index (Phi) is 6.41. The molecule has 0 nitrogen and oxygen atoms in total. The molecule has 9 aromatic carbocycles. The largest absolute Gasteiger partial charge is 0.0923 e. The van der Waals surface area contributed by atoms with Gasteiger partial charge in [-0.1, -0.05) is 163 Å². The molecule has 0 spiro atoms. The molecular weight excluding hydrogens is 633 g/mol. The highest BCUT2D eigenvalue weighted by atomic mass is 32.2. The Labute approximate surface area is 301 Å². The Morgan fingerprint density at radius 1 is 0.392 bits per heavy atom. The van der Waals surface area contributed by atoms with Crippen molar-refractivity contribution in [1.82, 2.24) is 0 Å². The molecule has 0 bridgehead atoms. The zero-order valence-electron chi connectivity index (χ0n) is 27.9. The fourth-order valence-corrected chi connectivity index (χ4v) is 10.1. The number of fused-ring (bicyclic) bond motifs is 11. The minimum Gasteiger partial charge on any atom is -0.0923 e. The molecule has 9 aromatic rings. The average Bonchev–Trinajstić information content (AvgIpc) is 3.60. The first kappa shape index (κ1) is 28.9. The summed E-state index contributed by atoms with van der Waals surface area (Å²) in [6, 6.07) is 61.1. The number of hydrogen-bond donors (Lipinski definition) is 0. The highest BCUT2D eigenvalue weighted by Gasteiger charge is 2.32. The minimum atomic E-state index is 0.439. The van der Waals surface area contributed by atoms with Crippen molar-refractivity contribution >= 4 is 71.2 Å². The molecule has 1 aliphatic carbocycles. The van der Waals surface area contributed by atoms with E-state index in [-0.39, 0.29) is 0 Å². The van der Waals surface area contributed by atoms with Crippen LogP contribution in [0.3, 0.4) is 0 Å². The van der Waals surface area contributed by atoms with Crippen LogP contribution in [0.1, 0.15) is 23.5 Å². The second kappa shape index (κ2) is 11.3. The third-order valence-electron chi connectivity index (χ3n) is 11.2. The number of allylic oxidation sites excluding steroid dienone is 4. The predicted octanol–water partition coefficient (Wildman–Crippen LogP) is 14.3. The van der Waals surface area contributed by atoms with Crippen LogP contribution in [0, 0.1) is 0 Å². The number of hydrogen-bond acceptors (Lipinski definition) is 1. The van der Waals surface area contributed by atoms with E-state index in [0.717, 1.165) is 6.42 Å². The van der Waals surface area contributed by atoms with Gasteiger partial charge >= 0.3 is 0 Å². The number of rotatable bonds is 3. The summed E-state index contributed by atoms with van der Waals surface area (Å²) in [6.45, 7) is 0. The summed E-state index contributed by atoms with van der Waals surface area (Å²) in [4.78, 5) is 2.92. The van der Waals surface area contributed by atoms with Crippen molar-refractivity contribution in [2.75, 3.05) is 0 Å². The van der Waals surface area contributed by atoms with Gasteiger partial charge in [0, 0.05) is 15.7 Å². The van der Waals surface area contributed by atoms with Gasteiger partial charge in [0.2, 0.25) is 0 Å². The van der Waals surface area contributed by atoms with Crippen LogP contribution in [0.5, 0.6) is 0 Å². The van der Waals surface area contributed by atoms with E-state index in [2.05, 4.69) is 176 Å². The molecular formula is C50H32S.